The Morgan fingerprint density at radius 3 is 3.00 bits per heavy atom. The molecule has 0 aliphatic heterocycles. The van der Waals surface area contributed by atoms with E-state index in [4.69, 9.17) is 10.4 Å². The molecule has 2 rings (SSSR count). The standard InChI is InChI=1S/C10H14N4O/c1-3-4-7-5-8(13-11)9-6(2)14-15-10(9)12-7/h5H,3-4,11H2,1-2H3,(H,12,13). The third-order valence-electron chi connectivity index (χ3n) is 2.33. The third-order valence-corrected chi connectivity index (χ3v) is 2.33. The Bertz CT molecular complexity index is 477. The van der Waals surface area contributed by atoms with Crippen LogP contribution in [0.4, 0.5) is 5.69 Å². The lowest BCUT2D eigenvalue weighted by molar-refractivity contribution is 0.442. The Hall–Kier alpha value is -1.62. The van der Waals surface area contributed by atoms with Gasteiger partial charge in [0.15, 0.2) is 0 Å². The first kappa shape index (κ1) is 9.92. The van der Waals surface area contributed by atoms with Gasteiger partial charge in [0.2, 0.25) is 0 Å². The normalized spacial score (nSPS) is 10.9. The lowest BCUT2D eigenvalue weighted by Crippen LogP contribution is -2.08. The zero-order valence-electron chi connectivity index (χ0n) is 8.87. The van der Waals surface area contributed by atoms with Crippen LogP contribution in [0.1, 0.15) is 24.7 Å². The molecule has 0 aliphatic rings. The number of nitrogens with zero attached hydrogens (tertiary/aromatic N) is 2. The summed E-state index contributed by atoms with van der Waals surface area (Å²) in [5, 5.41) is 4.73. The minimum Gasteiger partial charge on any atom is -0.335 e. The first-order valence-corrected chi connectivity index (χ1v) is 4.98. The van der Waals surface area contributed by atoms with Gasteiger partial charge in [0, 0.05) is 5.69 Å². The number of hydrogen-bond donors (Lipinski definition) is 2. The first-order chi connectivity index (χ1) is 7.26. The lowest BCUT2D eigenvalue weighted by atomic mass is 10.1. The molecule has 3 N–H and O–H groups in total. The molecule has 15 heavy (non-hydrogen) atoms. The largest absolute Gasteiger partial charge is 0.335 e. The molecular formula is C10H14N4O. The van der Waals surface area contributed by atoms with Crippen LogP contribution in [0.15, 0.2) is 10.6 Å². The van der Waals surface area contributed by atoms with Gasteiger partial charge in [-0.25, -0.2) is 4.98 Å². The molecule has 0 saturated heterocycles. The van der Waals surface area contributed by atoms with E-state index in [2.05, 4.69) is 22.5 Å². The molecule has 0 atom stereocenters. The number of hydrazine groups is 1. The SMILES string of the molecule is CCCc1cc(NN)c2c(C)noc2n1. The van der Waals surface area contributed by atoms with Crippen molar-refractivity contribution < 1.29 is 4.52 Å². The molecule has 2 heterocycles. The van der Waals surface area contributed by atoms with Crippen LogP contribution in [0.25, 0.3) is 11.1 Å². The minimum atomic E-state index is 0.548. The molecule has 0 aromatic carbocycles. The van der Waals surface area contributed by atoms with Crippen LogP contribution < -0.4 is 11.3 Å². The number of fused-ring (bicyclic) bond motifs is 1. The van der Waals surface area contributed by atoms with E-state index in [1.54, 1.807) is 0 Å². The highest BCUT2D eigenvalue weighted by Gasteiger charge is 2.11. The van der Waals surface area contributed by atoms with Crippen molar-refractivity contribution in [2.45, 2.75) is 26.7 Å². The smallest absolute Gasteiger partial charge is 0.260 e. The number of nitrogen functional groups attached to an aromatic ring is 1. The predicted molar refractivity (Wildman–Crippen MR) is 58.3 cm³/mol. The number of nitrogens with one attached hydrogen (secondary N) is 1. The van der Waals surface area contributed by atoms with Gasteiger partial charge >= 0.3 is 0 Å². The number of aromatic nitrogens is 2. The van der Waals surface area contributed by atoms with Crippen LogP contribution in [-0.2, 0) is 6.42 Å². The molecule has 0 fully saturated rings. The fourth-order valence-corrected chi connectivity index (χ4v) is 1.64. The number of pyridine rings is 1. The van der Waals surface area contributed by atoms with E-state index in [1.807, 2.05) is 13.0 Å². The van der Waals surface area contributed by atoms with Crippen LogP contribution in [0.2, 0.25) is 0 Å². The second-order valence-electron chi connectivity index (χ2n) is 3.50. The summed E-state index contributed by atoms with van der Waals surface area (Å²) in [5.41, 5.74) is 5.79. The zero-order valence-corrected chi connectivity index (χ0v) is 8.87. The highest BCUT2D eigenvalue weighted by atomic mass is 16.5. The maximum absolute atomic E-state index is 5.46. The molecule has 0 radical (unpaired) electrons. The van der Waals surface area contributed by atoms with Crippen molar-refractivity contribution in [1.29, 1.82) is 0 Å². The van der Waals surface area contributed by atoms with Crippen molar-refractivity contribution >= 4 is 16.8 Å². The molecule has 2 aromatic heterocycles. The average Bonchev–Trinajstić information content (AvgIpc) is 2.60. The van der Waals surface area contributed by atoms with Crippen LogP contribution in [0.3, 0.4) is 0 Å². The summed E-state index contributed by atoms with van der Waals surface area (Å²) in [4.78, 5) is 4.37. The van der Waals surface area contributed by atoms with Crippen molar-refractivity contribution in [3.8, 4) is 0 Å². The number of anilines is 1. The molecule has 0 bridgehead atoms. The van der Waals surface area contributed by atoms with Crippen LogP contribution in [0.5, 0.6) is 0 Å². The highest BCUT2D eigenvalue weighted by molar-refractivity contribution is 5.89. The number of nitrogens with two attached hydrogens (primary N) is 1. The molecule has 5 nitrogen and oxygen atoms in total. The monoisotopic (exact) mass is 206 g/mol. The van der Waals surface area contributed by atoms with Crippen molar-refractivity contribution in [3.63, 3.8) is 0 Å². The molecule has 5 heteroatoms. The van der Waals surface area contributed by atoms with Crippen LogP contribution in [-0.4, -0.2) is 10.1 Å². The van der Waals surface area contributed by atoms with E-state index < -0.39 is 0 Å². The van der Waals surface area contributed by atoms with Crippen molar-refractivity contribution in [2.24, 2.45) is 5.84 Å². The summed E-state index contributed by atoms with van der Waals surface area (Å²) in [6.07, 6.45) is 1.94. The van der Waals surface area contributed by atoms with E-state index >= 15 is 0 Å². The van der Waals surface area contributed by atoms with Gasteiger partial charge in [0.1, 0.15) is 0 Å². The van der Waals surface area contributed by atoms with Gasteiger partial charge in [-0.2, -0.15) is 0 Å². The molecule has 0 saturated carbocycles. The second kappa shape index (κ2) is 3.86. The molecule has 0 amide bonds. The molecule has 0 spiro atoms. The Labute approximate surface area is 87.6 Å². The van der Waals surface area contributed by atoms with Crippen LogP contribution >= 0.6 is 0 Å². The summed E-state index contributed by atoms with van der Waals surface area (Å²) in [6, 6.07) is 1.94. The summed E-state index contributed by atoms with van der Waals surface area (Å²) in [7, 11) is 0. The van der Waals surface area contributed by atoms with Gasteiger partial charge in [0.05, 0.1) is 16.8 Å². The maximum Gasteiger partial charge on any atom is 0.260 e. The van der Waals surface area contributed by atoms with Crippen molar-refractivity contribution in [3.05, 3.63) is 17.5 Å². The maximum atomic E-state index is 5.46. The van der Waals surface area contributed by atoms with Gasteiger partial charge < -0.3 is 9.95 Å². The first-order valence-electron chi connectivity index (χ1n) is 4.98. The molecular weight excluding hydrogens is 192 g/mol. The quantitative estimate of drug-likeness (QED) is 0.591. The van der Waals surface area contributed by atoms with Gasteiger partial charge in [-0.1, -0.05) is 18.5 Å². The average molecular weight is 206 g/mol. The summed E-state index contributed by atoms with van der Waals surface area (Å²) >= 11 is 0. The van der Waals surface area contributed by atoms with Crippen LogP contribution in [0, 0.1) is 6.92 Å². The predicted octanol–water partition coefficient (Wildman–Crippen LogP) is 1.77. The highest BCUT2D eigenvalue weighted by Crippen LogP contribution is 2.25. The zero-order chi connectivity index (χ0) is 10.8. The summed E-state index contributed by atoms with van der Waals surface area (Å²) in [5.74, 6) is 5.46. The van der Waals surface area contributed by atoms with E-state index in [0.717, 1.165) is 35.3 Å². The van der Waals surface area contributed by atoms with E-state index in [-0.39, 0.29) is 0 Å². The van der Waals surface area contributed by atoms with Gasteiger partial charge in [-0.3, -0.25) is 5.84 Å². The summed E-state index contributed by atoms with van der Waals surface area (Å²) in [6.45, 7) is 3.97. The van der Waals surface area contributed by atoms with Crippen molar-refractivity contribution in [2.75, 3.05) is 5.43 Å². The van der Waals surface area contributed by atoms with Gasteiger partial charge in [0.25, 0.3) is 5.71 Å². The third kappa shape index (κ3) is 1.66. The Morgan fingerprint density at radius 1 is 1.53 bits per heavy atom. The number of hydrogen-bond acceptors (Lipinski definition) is 5. The molecule has 2 aromatic rings. The Kier molecular flexibility index (Phi) is 2.55. The van der Waals surface area contributed by atoms with E-state index in [1.165, 1.54) is 0 Å². The number of aryl methyl sites for hydroxylation is 2. The minimum absolute atomic E-state index is 0.548. The molecule has 0 unspecified atom stereocenters. The summed E-state index contributed by atoms with van der Waals surface area (Å²) < 4.78 is 5.12. The number of rotatable bonds is 3. The molecule has 80 valence electrons. The van der Waals surface area contributed by atoms with Gasteiger partial charge in [-0.15, -0.1) is 0 Å². The van der Waals surface area contributed by atoms with E-state index in [0.29, 0.717) is 5.71 Å². The Morgan fingerprint density at radius 2 is 2.33 bits per heavy atom. The fraction of sp³-hybridized carbons (Fsp3) is 0.400. The second-order valence-corrected chi connectivity index (χ2v) is 3.50. The lowest BCUT2D eigenvalue weighted by Gasteiger charge is -2.04. The van der Waals surface area contributed by atoms with E-state index in [9.17, 15) is 0 Å². The topological polar surface area (TPSA) is 77.0 Å². The van der Waals surface area contributed by atoms with Crippen molar-refractivity contribution in [1.82, 2.24) is 10.1 Å². The van der Waals surface area contributed by atoms with Gasteiger partial charge in [-0.05, 0) is 19.4 Å². The Balaban J connectivity index is 2.62. The molecule has 0 aliphatic carbocycles. The fourth-order valence-electron chi connectivity index (χ4n) is 1.64.